The molecular weight excluding hydrogens is 1130 g/mol. The SMILES string of the molecule is C[n+]1ccn(-c2nnc(-n3cc[n+](C)c3)c3ccccc23)c1.C[n+]1ccn(-c2nnc(-n3cc[n+](C)c3)c3ccccc23)c1.F[P-](F)(F)(F)(F)F.F[P-](F)(F)(F)(F)F.F[P-](F)(F)(F)(F)F.F[P-](F)(F)(F)(F)F. The first-order valence-electron chi connectivity index (χ1n) is 18.2. The number of halogens is 24. The van der Waals surface area contributed by atoms with Gasteiger partial charge in [0.05, 0.1) is 49.7 Å². The van der Waals surface area contributed by atoms with Gasteiger partial charge < -0.3 is 0 Å². The Morgan fingerprint density at radius 3 is 0.542 bits per heavy atom. The normalized spacial score (nSPS) is 15.8. The fourth-order valence-electron chi connectivity index (χ4n) is 5.22. The monoisotopic (exact) mass is 1160 g/mol. The third-order valence-electron chi connectivity index (χ3n) is 7.35. The van der Waals surface area contributed by atoms with Gasteiger partial charge in [-0.1, -0.05) is 24.3 Å². The molecule has 0 spiro atoms. The van der Waals surface area contributed by atoms with Crippen LogP contribution >= 0.6 is 31.2 Å². The van der Waals surface area contributed by atoms with E-state index in [1.807, 2.05) is 164 Å². The summed E-state index contributed by atoms with van der Waals surface area (Å²) in [5, 5.41) is 22.1. The number of hydrogen-bond acceptors (Lipinski definition) is 4. The summed E-state index contributed by atoms with van der Waals surface area (Å²) in [6, 6.07) is 16.4. The summed E-state index contributed by atoms with van der Waals surface area (Å²) in [4.78, 5) is 0. The van der Waals surface area contributed by atoms with Gasteiger partial charge in [-0.25, -0.2) is 18.3 Å². The van der Waals surface area contributed by atoms with E-state index in [1.54, 1.807) is 0 Å². The van der Waals surface area contributed by atoms with Crippen LogP contribution in [-0.4, -0.2) is 38.7 Å². The molecule has 8 rings (SSSR count). The van der Waals surface area contributed by atoms with Crippen LogP contribution in [0.1, 0.15) is 0 Å². The fraction of sp³-hybridized carbons (Fsp3) is 0.125. The van der Waals surface area contributed by atoms with Crippen LogP contribution in [0.2, 0.25) is 0 Å². The number of aryl methyl sites for hydroxylation is 4. The second-order valence-corrected chi connectivity index (χ2v) is 22.2. The van der Waals surface area contributed by atoms with Gasteiger partial charge in [-0.15, -0.1) is 20.4 Å². The van der Waals surface area contributed by atoms with Gasteiger partial charge in [0.15, 0.2) is 0 Å². The van der Waals surface area contributed by atoms with E-state index >= 15 is 0 Å². The van der Waals surface area contributed by atoms with E-state index in [0.29, 0.717) is 0 Å². The Labute approximate surface area is 385 Å². The molecule has 0 saturated heterocycles. The first-order chi connectivity index (χ1) is 31.2. The Balaban J connectivity index is 0.000000253. The molecule has 0 aliphatic carbocycles. The summed E-state index contributed by atoms with van der Waals surface area (Å²) in [5.41, 5.74) is 0. The minimum absolute atomic E-state index is 0.830. The van der Waals surface area contributed by atoms with Crippen molar-refractivity contribution in [1.29, 1.82) is 0 Å². The molecule has 0 atom stereocenters. The topological polar surface area (TPSA) is 86.8 Å². The van der Waals surface area contributed by atoms with Crippen LogP contribution in [0.4, 0.5) is 101 Å². The van der Waals surface area contributed by atoms with E-state index in [4.69, 9.17) is 0 Å². The number of rotatable bonds is 4. The van der Waals surface area contributed by atoms with Crippen LogP contribution in [-0.2, 0) is 28.2 Å². The number of nitrogens with zero attached hydrogens (tertiary/aromatic N) is 12. The number of fused-ring (bicyclic) bond motifs is 2. The molecule has 8 aromatic rings. The molecule has 0 bridgehead atoms. The third-order valence-corrected chi connectivity index (χ3v) is 7.35. The van der Waals surface area contributed by atoms with Crippen molar-refractivity contribution < 1.29 is 119 Å². The minimum atomic E-state index is -10.7. The molecule has 0 fully saturated rings. The molecular formula is C32H32F24N12P4. The molecule has 0 unspecified atom stereocenters. The first kappa shape index (κ1) is 60.3. The predicted octanol–water partition coefficient (Wildman–Crippen LogP) is 15.2. The number of hydrogen-bond donors (Lipinski definition) is 0. The van der Waals surface area contributed by atoms with Crippen LogP contribution in [0.25, 0.3) is 44.8 Å². The van der Waals surface area contributed by atoms with E-state index in [1.165, 1.54) is 0 Å². The zero-order chi connectivity index (χ0) is 55.8. The van der Waals surface area contributed by atoms with Crippen molar-refractivity contribution in [1.82, 2.24) is 38.7 Å². The van der Waals surface area contributed by atoms with Gasteiger partial charge in [0.2, 0.25) is 25.3 Å². The zero-order valence-corrected chi connectivity index (χ0v) is 39.4. The maximum absolute atomic E-state index is 10.7. The summed E-state index contributed by atoms with van der Waals surface area (Å²) in [7, 11) is -34.7. The molecule has 0 N–H and O–H groups in total. The van der Waals surface area contributed by atoms with E-state index in [2.05, 4.69) is 44.7 Å². The summed E-state index contributed by atoms with van der Waals surface area (Å²) in [5.74, 6) is 3.32. The molecule has 40 heteroatoms. The average molecular weight is 1160 g/mol. The average Bonchev–Trinajstić information content (AvgIpc) is 3.95. The molecule has 12 nitrogen and oxygen atoms in total. The van der Waals surface area contributed by atoms with Crippen LogP contribution in [0.5, 0.6) is 0 Å². The van der Waals surface area contributed by atoms with E-state index < -0.39 is 31.2 Å². The quantitative estimate of drug-likeness (QED) is 0.0998. The molecule has 2 aromatic carbocycles. The van der Waals surface area contributed by atoms with Crippen LogP contribution in [0.15, 0.2) is 123 Å². The van der Waals surface area contributed by atoms with Crippen LogP contribution < -0.4 is 18.3 Å². The van der Waals surface area contributed by atoms with Gasteiger partial charge in [-0.2, -0.15) is 18.3 Å². The summed E-state index contributed by atoms with van der Waals surface area (Å²) >= 11 is 0. The van der Waals surface area contributed by atoms with Gasteiger partial charge in [0.25, 0.3) is 23.3 Å². The second kappa shape index (κ2) is 16.8. The van der Waals surface area contributed by atoms with E-state index in [0.717, 1.165) is 44.8 Å². The van der Waals surface area contributed by atoms with Gasteiger partial charge in [0, 0.05) is 0 Å². The molecule has 0 aliphatic rings. The predicted molar refractivity (Wildman–Crippen MR) is 215 cm³/mol. The summed E-state index contributed by atoms with van der Waals surface area (Å²) in [6.07, 6.45) is 23.8. The number of aromatic nitrogens is 12. The Hall–Kier alpha value is -6.00. The van der Waals surface area contributed by atoms with Crippen molar-refractivity contribution in [2.75, 3.05) is 0 Å². The number of imidazole rings is 4. The van der Waals surface area contributed by atoms with Crippen molar-refractivity contribution in [2.45, 2.75) is 0 Å². The van der Waals surface area contributed by atoms with Crippen LogP contribution in [0.3, 0.4) is 0 Å². The standard InChI is InChI=1S/2C16H16N6.4F6P/c2*1-19-7-9-21(11-19)15-13-5-3-4-6-14(13)16(18-17-15)22-10-8-20(2)12-22;4*1-7(2,3,4,5)6/h2*3-12H,1-2H3;;;;/q2*+2;4*-1. The summed E-state index contributed by atoms with van der Waals surface area (Å²) < 4.78 is 253. The van der Waals surface area contributed by atoms with Crippen molar-refractivity contribution in [3.63, 3.8) is 0 Å². The van der Waals surface area contributed by atoms with E-state index in [-0.39, 0.29) is 0 Å². The Bertz CT molecular complexity index is 2750. The Morgan fingerprint density at radius 1 is 0.292 bits per heavy atom. The molecule has 0 amide bonds. The molecule has 0 radical (unpaired) electrons. The van der Waals surface area contributed by atoms with Crippen molar-refractivity contribution >= 4 is 52.8 Å². The first-order valence-corrected chi connectivity index (χ1v) is 26.3. The Kier molecular flexibility index (Phi) is 14.0. The van der Waals surface area contributed by atoms with Gasteiger partial charge in [-0.3, -0.25) is 0 Å². The second-order valence-electron chi connectivity index (χ2n) is 14.6. The molecule has 72 heavy (non-hydrogen) atoms. The molecule has 6 heterocycles. The van der Waals surface area contributed by atoms with Gasteiger partial charge in [0.1, 0.15) is 49.6 Å². The Morgan fingerprint density at radius 2 is 0.431 bits per heavy atom. The summed E-state index contributed by atoms with van der Waals surface area (Å²) in [6.45, 7) is 0. The zero-order valence-electron chi connectivity index (χ0n) is 35.8. The maximum atomic E-state index is 9.87. The molecule has 0 aliphatic heterocycles. The molecule has 408 valence electrons. The van der Waals surface area contributed by atoms with Crippen molar-refractivity contribution in [2.24, 2.45) is 28.2 Å². The molecule has 6 aromatic heterocycles. The van der Waals surface area contributed by atoms with Crippen LogP contribution in [0, 0.1) is 0 Å². The van der Waals surface area contributed by atoms with E-state index in [9.17, 15) is 101 Å². The fourth-order valence-corrected chi connectivity index (χ4v) is 5.22. The third kappa shape index (κ3) is 28.7. The molecule has 0 saturated carbocycles. The van der Waals surface area contributed by atoms with Gasteiger partial charge >= 0.3 is 132 Å². The van der Waals surface area contributed by atoms with Crippen molar-refractivity contribution in [3.8, 4) is 23.3 Å². The number of benzene rings is 2. The van der Waals surface area contributed by atoms with Crippen molar-refractivity contribution in [3.05, 3.63) is 123 Å². The van der Waals surface area contributed by atoms with Gasteiger partial charge in [-0.05, 0) is 24.3 Å².